The maximum Gasteiger partial charge on any atom is 0.227 e. The first kappa shape index (κ1) is 16.4. The first-order valence-corrected chi connectivity index (χ1v) is 6.55. The van der Waals surface area contributed by atoms with Gasteiger partial charge >= 0.3 is 0 Å². The molecule has 3 N–H and O–H groups in total. The molecule has 0 saturated heterocycles. The van der Waals surface area contributed by atoms with Crippen LogP contribution in [-0.4, -0.2) is 41.7 Å². The maximum absolute atomic E-state index is 12.3. The van der Waals surface area contributed by atoms with E-state index in [0.717, 1.165) is 6.42 Å². The van der Waals surface area contributed by atoms with E-state index < -0.39 is 0 Å². The first-order valence-electron chi connectivity index (χ1n) is 6.55. The summed E-state index contributed by atoms with van der Waals surface area (Å²) < 4.78 is 0. The molecule has 0 rings (SSSR count). The van der Waals surface area contributed by atoms with Crippen LogP contribution in [0.25, 0.3) is 0 Å². The Morgan fingerprint density at radius 1 is 1.29 bits per heavy atom. The van der Waals surface area contributed by atoms with Gasteiger partial charge in [0.15, 0.2) is 0 Å². The largest absolute Gasteiger partial charge is 0.396 e. The molecule has 0 aliphatic heterocycles. The number of amides is 1. The maximum atomic E-state index is 12.3. The molecule has 0 radical (unpaired) electrons. The molecule has 0 heterocycles. The number of rotatable bonds is 8. The summed E-state index contributed by atoms with van der Waals surface area (Å²) in [6, 6.07) is 0.162. The van der Waals surface area contributed by atoms with Gasteiger partial charge in [-0.2, -0.15) is 0 Å². The third-order valence-corrected chi connectivity index (χ3v) is 2.85. The lowest BCUT2D eigenvalue weighted by molar-refractivity contribution is -0.137. The highest BCUT2D eigenvalue weighted by Gasteiger charge is 2.25. The molecule has 0 aliphatic rings. The number of nitrogens with two attached hydrogens (primary N) is 1. The van der Waals surface area contributed by atoms with Crippen LogP contribution in [0, 0.1) is 11.8 Å². The molecular weight excluding hydrogens is 216 g/mol. The van der Waals surface area contributed by atoms with E-state index in [4.69, 9.17) is 10.8 Å². The Morgan fingerprint density at radius 3 is 2.24 bits per heavy atom. The molecule has 1 amide bonds. The average Bonchev–Trinajstić information content (AvgIpc) is 2.25. The number of aliphatic hydroxyl groups is 1. The van der Waals surface area contributed by atoms with Gasteiger partial charge in [0.2, 0.25) is 5.91 Å². The summed E-state index contributed by atoms with van der Waals surface area (Å²) in [5.41, 5.74) is 5.69. The Balaban J connectivity index is 4.55. The molecular formula is C13H28N2O2. The number of hydrogen-bond donors (Lipinski definition) is 2. The van der Waals surface area contributed by atoms with E-state index in [0.29, 0.717) is 25.4 Å². The Bertz CT molecular complexity index is 217. The van der Waals surface area contributed by atoms with Crippen LogP contribution in [0.3, 0.4) is 0 Å². The normalized spacial score (nSPS) is 13.2. The van der Waals surface area contributed by atoms with Crippen molar-refractivity contribution in [3.63, 3.8) is 0 Å². The number of aliphatic hydroxyl groups excluding tert-OH is 1. The van der Waals surface area contributed by atoms with Crippen molar-refractivity contribution in [2.24, 2.45) is 17.6 Å². The van der Waals surface area contributed by atoms with Crippen LogP contribution in [0.5, 0.6) is 0 Å². The van der Waals surface area contributed by atoms with Gasteiger partial charge < -0.3 is 15.7 Å². The van der Waals surface area contributed by atoms with Crippen LogP contribution in [0.15, 0.2) is 0 Å². The van der Waals surface area contributed by atoms with Gasteiger partial charge in [-0.1, -0.05) is 13.8 Å². The molecule has 0 fully saturated rings. The van der Waals surface area contributed by atoms with Gasteiger partial charge in [-0.25, -0.2) is 0 Å². The third kappa shape index (κ3) is 6.03. The van der Waals surface area contributed by atoms with Crippen molar-refractivity contribution in [3.8, 4) is 0 Å². The molecule has 0 aromatic carbocycles. The van der Waals surface area contributed by atoms with Crippen molar-refractivity contribution >= 4 is 5.91 Å². The lowest BCUT2D eigenvalue weighted by atomic mass is 9.95. The summed E-state index contributed by atoms with van der Waals surface area (Å²) in [6.45, 7) is 9.33. The van der Waals surface area contributed by atoms with E-state index in [-0.39, 0.29) is 24.5 Å². The second-order valence-corrected chi connectivity index (χ2v) is 5.26. The first-order chi connectivity index (χ1) is 7.93. The molecule has 0 bridgehead atoms. The predicted octanol–water partition coefficient (Wildman–Crippen LogP) is 1.23. The fourth-order valence-electron chi connectivity index (χ4n) is 1.97. The van der Waals surface area contributed by atoms with Crippen molar-refractivity contribution in [1.29, 1.82) is 0 Å². The second-order valence-electron chi connectivity index (χ2n) is 5.26. The monoisotopic (exact) mass is 244 g/mol. The number of carbonyl (C=O) groups excluding carboxylic acids is 1. The highest BCUT2D eigenvalue weighted by atomic mass is 16.3. The SMILES string of the molecule is CC(C)CC(CN)C(=O)N(CCCO)C(C)C. The minimum atomic E-state index is -0.0870. The van der Waals surface area contributed by atoms with Gasteiger partial charge in [0, 0.05) is 25.7 Å². The average molecular weight is 244 g/mol. The van der Waals surface area contributed by atoms with E-state index in [2.05, 4.69) is 13.8 Å². The van der Waals surface area contributed by atoms with Crippen LogP contribution in [0.1, 0.15) is 40.5 Å². The zero-order valence-corrected chi connectivity index (χ0v) is 11.6. The predicted molar refractivity (Wildman–Crippen MR) is 70.6 cm³/mol. The summed E-state index contributed by atoms with van der Waals surface area (Å²) in [6.07, 6.45) is 1.46. The molecule has 4 heteroatoms. The lowest BCUT2D eigenvalue weighted by Gasteiger charge is -2.30. The number of nitrogens with zero attached hydrogens (tertiary/aromatic N) is 1. The van der Waals surface area contributed by atoms with E-state index in [1.807, 2.05) is 18.7 Å². The minimum Gasteiger partial charge on any atom is -0.396 e. The van der Waals surface area contributed by atoms with Gasteiger partial charge in [0.1, 0.15) is 0 Å². The molecule has 4 nitrogen and oxygen atoms in total. The standard InChI is InChI=1S/C13H28N2O2/c1-10(2)8-12(9-14)13(17)15(11(3)4)6-5-7-16/h10-12,16H,5-9,14H2,1-4H3. The van der Waals surface area contributed by atoms with E-state index in [1.165, 1.54) is 0 Å². The summed E-state index contributed by atoms with van der Waals surface area (Å²) in [4.78, 5) is 14.2. The second kappa shape index (κ2) is 8.48. The summed E-state index contributed by atoms with van der Waals surface area (Å²) in [7, 11) is 0. The topological polar surface area (TPSA) is 66.6 Å². The Hall–Kier alpha value is -0.610. The molecule has 0 aliphatic carbocycles. The molecule has 0 spiro atoms. The van der Waals surface area contributed by atoms with Gasteiger partial charge in [-0.3, -0.25) is 4.79 Å². The molecule has 0 aromatic heterocycles. The third-order valence-electron chi connectivity index (χ3n) is 2.85. The lowest BCUT2D eigenvalue weighted by Crippen LogP contribution is -2.44. The van der Waals surface area contributed by atoms with Gasteiger partial charge in [-0.15, -0.1) is 0 Å². The molecule has 102 valence electrons. The molecule has 1 atom stereocenters. The zero-order valence-electron chi connectivity index (χ0n) is 11.6. The smallest absolute Gasteiger partial charge is 0.227 e. The van der Waals surface area contributed by atoms with Crippen molar-refractivity contribution < 1.29 is 9.90 Å². The summed E-state index contributed by atoms with van der Waals surface area (Å²) >= 11 is 0. The van der Waals surface area contributed by atoms with Crippen LogP contribution < -0.4 is 5.73 Å². The van der Waals surface area contributed by atoms with Crippen molar-refractivity contribution in [3.05, 3.63) is 0 Å². The summed E-state index contributed by atoms with van der Waals surface area (Å²) in [5, 5.41) is 8.86. The quantitative estimate of drug-likeness (QED) is 0.675. The summed E-state index contributed by atoms with van der Waals surface area (Å²) in [5.74, 6) is 0.514. The zero-order chi connectivity index (χ0) is 13.4. The van der Waals surface area contributed by atoms with E-state index in [9.17, 15) is 4.79 Å². The van der Waals surface area contributed by atoms with Crippen LogP contribution >= 0.6 is 0 Å². The van der Waals surface area contributed by atoms with Gasteiger partial charge in [-0.05, 0) is 32.6 Å². The number of hydrogen-bond acceptors (Lipinski definition) is 3. The van der Waals surface area contributed by atoms with Crippen molar-refractivity contribution in [2.45, 2.75) is 46.6 Å². The molecule has 0 saturated carbocycles. The number of carbonyl (C=O) groups is 1. The fraction of sp³-hybridized carbons (Fsp3) is 0.923. The van der Waals surface area contributed by atoms with Gasteiger partial charge in [0.25, 0.3) is 0 Å². The fourth-order valence-corrected chi connectivity index (χ4v) is 1.97. The Kier molecular flexibility index (Phi) is 8.17. The van der Waals surface area contributed by atoms with Crippen LogP contribution in [-0.2, 0) is 4.79 Å². The van der Waals surface area contributed by atoms with Crippen LogP contribution in [0.2, 0.25) is 0 Å². The highest BCUT2D eigenvalue weighted by Crippen LogP contribution is 2.15. The molecule has 1 unspecified atom stereocenters. The van der Waals surface area contributed by atoms with E-state index >= 15 is 0 Å². The van der Waals surface area contributed by atoms with Crippen molar-refractivity contribution in [1.82, 2.24) is 4.90 Å². The van der Waals surface area contributed by atoms with Crippen molar-refractivity contribution in [2.75, 3.05) is 19.7 Å². The van der Waals surface area contributed by atoms with Crippen LogP contribution in [0.4, 0.5) is 0 Å². The Labute approximate surface area is 105 Å². The van der Waals surface area contributed by atoms with E-state index in [1.54, 1.807) is 0 Å². The molecule has 0 aromatic rings. The molecule has 17 heavy (non-hydrogen) atoms. The minimum absolute atomic E-state index is 0.0870. The highest BCUT2D eigenvalue weighted by molar-refractivity contribution is 5.79. The Morgan fingerprint density at radius 2 is 1.88 bits per heavy atom. The van der Waals surface area contributed by atoms with Gasteiger partial charge in [0.05, 0.1) is 5.92 Å².